The summed E-state index contributed by atoms with van der Waals surface area (Å²) in [5, 5.41) is 13.3. The minimum absolute atomic E-state index is 0.859. The highest BCUT2D eigenvalue weighted by Gasteiger charge is 2.19. The van der Waals surface area contributed by atoms with Crippen LogP contribution in [0.25, 0.3) is 76.5 Å². The van der Waals surface area contributed by atoms with Gasteiger partial charge in [0.05, 0.1) is 5.69 Å². The van der Waals surface area contributed by atoms with Crippen LogP contribution < -0.4 is 5.32 Å². The Labute approximate surface area is 254 Å². The second-order valence-corrected chi connectivity index (χ2v) is 11.4. The molecule has 8 aromatic carbocycles. The van der Waals surface area contributed by atoms with Gasteiger partial charge in [-0.15, -0.1) is 0 Å². The zero-order valence-electron chi connectivity index (χ0n) is 23.9. The van der Waals surface area contributed by atoms with Gasteiger partial charge in [-0.2, -0.15) is 0 Å². The second-order valence-electron chi connectivity index (χ2n) is 11.4. The number of hydrogen-bond acceptors (Lipinski definition) is 2. The molecule has 9 rings (SSSR count). The molecule has 1 aromatic heterocycles. The Hall–Kier alpha value is -5.86. The summed E-state index contributed by atoms with van der Waals surface area (Å²) in [5.74, 6) is 0. The molecule has 2 heteroatoms. The Kier molecular flexibility index (Phi) is 5.54. The van der Waals surface area contributed by atoms with Crippen LogP contribution in [-0.4, -0.2) is 0 Å². The highest BCUT2D eigenvalue weighted by Crippen LogP contribution is 2.44. The fraction of sp³-hybridized carbons (Fsp3) is 0. The van der Waals surface area contributed by atoms with Crippen LogP contribution in [0.4, 0.5) is 11.4 Å². The van der Waals surface area contributed by atoms with Crippen LogP contribution in [0.3, 0.4) is 0 Å². The van der Waals surface area contributed by atoms with Crippen molar-refractivity contribution in [2.45, 2.75) is 0 Å². The van der Waals surface area contributed by atoms with Crippen molar-refractivity contribution in [3.63, 3.8) is 0 Å². The summed E-state index contributed by atoms with van der Waals surface area (Å²) >= 11 is 0. The lowest BCUT2D eigenvalue weighted by atomic mass is 9.93. The number of anilines is 2. The Morgan fingerprint density at radius 3 is 1.86 bits per heavy atom. The van der Waals surface area contributed by atoms with Gasteiger partial charge in [-0.1, -0.05) is 140 Å². The number of para-hydroxylation sites is 1. The van der Waals surface area contributed by atoms with Gasteiger partial charge in [-0.25, -0.2) is 0 Å². The van der Waals surface area contributed by atoms with Crippen molar-refractivity contribution >= 4 is 65.6 Å². The monoisotopic (exact) mass is 561 g/mol. The minimum atomic E-state index is 0.859. The minimum Gasteiger partial charge on any atom is -0.453 e. The molecule has 1 N–H and O–H groups in total. The zero-order chi connectivity index (χ0) is 29.0. The summed E-state index contributed by atoms with van der Waals surface area (Å²) < 4.78 is 6.84. The number of benzene rings is 8. The maximum Gasteiger partial charge on any atom is 0.158 e. The summed E-state index contributed by atoms with van der Waals surface area (Å²) in [6.07, 6.45) is 0. The second kappa shape index (κ2) is 9.86. The van der Waals surface area contributed by atoms with Gasteiger partial charge in [0.2, 0.25) is 0 Å². The van der Waals surface area contributed by atoms with E-state index in [2.05, 4.69) is 163 Å². The molecule has 44 heavy (non-hydrogen) atoms. The summed E-state index contributed by atoms with van der Waals surface area (Å²) in [4.78, 5) is 0. The molecule has 0 saturated heterocycles. The van der Waals surface area contributed by atoms with E-state index < -0.39 is 0 Å². The van der Waals surface area contributed by atoms with Crippen LogP contribution in [0.1, 0.15) is 0 Å². The lowest BCUT2D eigenvalue weighted by molar-refractivity contribution is 0.671. The highest BCUT2D eigenvalue weighted by atomic mass is 16.3. The van der Waals surface area contributed by atoms with E-state index in [1.807, 2.05) is 0 Å². The fourth-order valence-corrected chi connectivity index (χ4v) is 6.83. The molecule has 9 aromatic rings. The molecule has 0 aliphatic carbocycles. The Balaban J connectivity index is 1.25. The molecule has 2 nitrogen and oxygen atoms in total. The molecule has 206 valence electrons. The molecule has 0 bridgehead atoms. The Morgan fingerprint density at radius 2 is 1.00 bits per heavy atom. The summed E-state index contributed by atoms with van der Waals surface area (Å²) in [6, 6.07) is 56.0. The van der Waals surface area contributed by atoms with E-state index in [1.54, 1.807) is 0 Å². The van der Waals surface area contributed by atoms with E-state index in [1.165, 1.54) is 43.4 Å². The maximum absolute atomic E-state index is 6.84. The molecule has 0 fully saturated rings. The summed E-state index contributed by atoms with van der Waals surface area (Å²) in [5.41, 5.74) is 8.48. The molecule has 0 aliphatic heterocycles. The Bertz CT molecular complexity index is 2520. The van der Waals surface area contributed by atoms with Crippen LogP contribution in [0.15, 0.2) is 162 Å². The van der Waals surface area contributed by atoms with Gasteiger partial charge in [0, 0.05) is 27.4 Å². The van der Waals surface area contributed by atoms with Crippen molar-refractivity contribution in [1.29, 1.82) is 0 Å². The van der Waals surface area contributed by atoms with Crippen LogP contribution >= 0.6 is 0 Å². The molecule has 0 amide bonds. The van der Waals surface area contributed by atoms with Crippen molar-refractivity contribution in [2.24, 2.45) is 0 Å². The van der Waals surface area contributed by atoms with Crippen LogP contribution in [0.2, 0.25) is 0 Å². The number of hydrogen-bond donors (Lipinski definition) is 1. The number of nitrogens with one attached hydrogen (secondary N) is 1. The van der Waals surface area contributed by atoms with Crippen LogP contribution in [-0.2, 0) is 0 Å². The lowest BCUT2D eigenvalue weighted by Crippen LogP contribution is -1.93. The zero-order valence-corrected chi connectivity index (χ0v) is 23.9. The normalized spacial score (nSPS) is 11.6. The predicted octanol–water partition coefficient (Wildman–Crippen LogP) is 12.1. The van der Waals surface area contributed by atoms with Crippen LogP contribution in [0.5, 0.6) is 0 Å². The molecule has 0 aliphatic rings. The van der Waals surface area contributed by atoms with E-state index in [0.29, 0.717) is 0 Å². The van der Waals surface area contributed by atoms with Gasteiger partial charge < -0.3 is 9.73 Å². The van der Waals surface area contributed by atoms with Crippen molar-refractivity contribution in [2.75, 3.05) is 5.32 Å². The number of fused-ring (bicyclic) bond motifs is 7. The smallest absolute Gasteiger partial charge is 0.158 e. The molecular weight excluding hydrogens is 534 g/mol. The first-order valence-corrected chi connectivity index (χ1v) is 15.0. The third-order valence-electron chi connectivity index (χ3n) is 8.85. The van der Waals surface area contributed by atoms with E-state index in [4.69, 9.17) is 4.42 Å². The first kappa shape index (κ1) is 24.7. The SMILES string of the molecule is c1ccc(-c2cc3ccccc3c3c2oc2c(Nc4ccc(-c5cccc6ccccc56)c5ccccc45)cccc23)cc1. The summed E-state index contributed by atoms with van der Waals surface area (Å²) in [7, 11) is 0. The van der Waals surface area contributed by atoms with Gasteiger partial charge in [-0.05, 0) is 61.8 Å². The highest BCUT2D eigenvalue weighted by molar-refractivity contribution is 6.24. The largest absolute Gasteiger partial charge is 0.453 e. The van der Waals surface area contributed by atoms with Gasteiger partial charge in [0.1, 0.15) is 5.58 Å². The topological polar surface area (TPSA) is 25.2 Å². The van der Waals surface area contributed by atoms with Gasteiger partial charge >= 0.3 is 0 Å². The van der Waals surface area contributed by atoms with Crippen molar-refractivity contribution in [3.8, 4) is 22.3 Å². The predicted molar refractivity (Wildman–Crippen MR) is 187 cm³/mol. The number of furan rings is 1. The lowest BCUT2D eigenvalue weighted by Gasteiger charge is -2.15. The number of rotatable bonds is 4. The molecule has 0 spiro atoms. The van der Waals surface area contributed by atoms with E-state index >= 15 is 0 Å². The standard InChI is InChI=1S/C42H27NO/c1-2-12-28(13-3-1)37-26-29-15-5-7-18-31(29)40-36-22-11-23-39(41(36)44-42(37)40)43-38-25-24-34(33-19-8-9-20-35(33)38)32-21-10-16-27-14-4-6-17-30(27)32/h1-26,43H. The van der Waals surface area contributed by atoms with Crippen molar-refractivity contribution in [3.05, 3.63) is 158 Å². The maximum atomic E-state index is 6.84. The molecular formula is C42H27NO. The van der Waals surface area contributed by atoms with Crippen molar-refractivity contribution < 1.29 is 4.42 Å². The molecule has 0 atom stereocenters. The molecule has 0 unspecified atom stereocenters. The molecule has 0 saturated carbocycles. The summed E-state index contributed by atoms with van der Waals surface area (Å²) in [6.45, 7) is 0. The van der Waals surface area contributed by atoms with Crippen molar-refractivity contribution in [1.82, 2.24) is 0 Å². The average molecular weight is 562 g/mol. The third kappa shape index (κ3) is 3.82. The van der Waals surface area contributed by atoms with Gasteiger partial charge in [0.25, 0.3) is 0 Å². The van der Waals surface area contributed by atoms with E-state index in [0.717, 1.165) is 44.4 Å². The third-order valence-corrected chi connectivity index (χ3v) is 8.85. The fourth-order valence-electron chi connectivity index (χ4n) is 6.83. The Morgan fingerprint density at radius 1 is 0.364 bits per heavy atom. The first-order valence-electron chi connectivity index (χ1n) is 15.0. The van der Waals surface area contributed by atoms with E-state index in [9.17, 15) is 0 Å². The van der Waals surface area contributed by atoms with Gasteiger partial charge in [0.15, 0.2) is 5.58 Å². The molecule has 0 radical (unpaired) electrons. The van der Waals surface area contributed by atoms with Gasteiger partial charge in [-0.3, -0.25) is 0 Å². The quantitative estimate of drug-likeness (QED) is 0.231. The van der Waals surface area contributed by atoms with Crippen LogP contribution in [0, 0.1) is 0 Å². The first-order chi connectivity index (χ1) is 21.8. The average Bonchev–Trinajstić information content (AvgIpc) is 3.49. The molecule has 1 heterocycles. The van der Waals surface area contributed by atoms with E-state index in [-0.39, 0.29) is 0 Å².